The first-order chi connectivity index (χ1) is 9.72. The van der Waals surface area contributed by atoms with E-state index in [2.05, 4.69) is 10.3 Å². The number of nitrogens with zero attached hydrogens (tertiary/aromatic N) is 3. The highest BCUT2D eigenvalue weighted by atomic mass is 16.4. The van der Waals surface area contributed by atoms with Gasteiger partial charge in [-0.15, -0.1) is 5.10 Å². The number of hydrogen-bond acceptors (Lipinski definition) is 3. The van der Waals surface area contributed by atoms with E-state index >= 15 is 0 Å². The van der Waals surface area contributed by atoms with Gasteiger partial charge in [-0.2, -0.15) is 0 Å². The summed E-state index contributed by atoms with van der Waals surface area (Å²) < 4.78 is 1.83. The molecule has 0 aliphatic rings. The molecular formula is C15H13N3O2. The van der Waals surface area contributed by atoms with Gasteiger partial charge in [0.1, 0.15) is 5.52 Å². The predicted molar refractivity (Wildman–Crippen MR) is 74.4 cm³/mol. The summed E-state index contributed by atoms with van der Waals surface area (Å²) in [6.45, 7) is 0.619. The monoisotopic (exact) mass is 267 g/mol. The number of para-hydroxylation sites is 1. The molecule has 5 heteroatoms. The van der Waals surface area contributed by atoms with Crippen molar-refractivity contribution in [2.24, 2.45) is 0 Å². The van der Waals surface area contributed by atoms with Crippen molar-refractivity contribution in [3.8, 4) is 0 Å². The fraction of sp³-hybridized carbons (Fsp3) is 0.133. The van der Waals surface area contributed by atoms with Gasteiger partial charge in [-0.3, -0.25) is 4.79 Å². The van der Waals surface area contributed by atoms with Gasteiger partial charge in [0.05, 0.1) is 18.5 Å². The first-order valence-corrected chi connectivity index (χ1v) is 6.30. The molecule has 0 saturated carbocycles. The van der Waals surface area contributed by atoms with Crippen LogP contribution in [0, 0.1) is 0 Å². The van der Waals surface area contributed by atoms with Crippen LogP contribution in [0.15, 0.2) is 48.5 Å². The number of carboxylic acids is 1. The predicted octanol–water partition coefficient (Wildman–Crippen LogP) is 2.11. The Hall–Kier alpha value is -2.69. The molecule has 0 bridgehead atoms. The molecule has 0 fully saturated rings. The van der Waals surface area contributed by atoms with Crippen LogP contribution in [-0.4, -0.2) is 26.1 Å². The summed E-state index contributed by atoms with van der Waals surface area (Å²) in [4.78, 5) is 10.6. The Balaban J connectivity index is 1.82. The fourth-order valence-corrected chi connectivity index (χ4v) is 2.14. The van der Waals surface area contributed by atoms with E-state index in [1.165, 1.54) is 0 Å². The van der Waals surface area contributed by atoms with Gasteiger partial charge in [-0.25, -0.2) is 4.68 Å². The normalized spacial score (nSPS) is 10.8. The number of benzene rings is 2. The van der Waals surface area contributed by atoms with E-state index in [1.54, 1.807) is 0 Å². The van der Waals surface area contributed by atoms with E-state index in [0.717, 1.165) is 22.2 Å². The summed E-state index contributed by atoms with van der Waals surface area (Å²) in [7, 11) is 0. The number of fused-ring (bicyclic) bond motifs is 1. The lowest BCUT2D eigenvalue weighted by Gasteiger charge is -2.04. The minimum atomic E-state index is -0.819. The van der Waals surface area contributed by atoms with Crippen molar-refractivity contribution in [3.63, 3.8) is 0 Å². The third-order valence-electron chi connectivity index (χ3n) is 3.13. The zero-order valence-corrected chi connectivity index (χ0v) is 10.7. The summed E-state index contributed by atoms with van der Waals surface area (Å²) >= 11 is 0. The Labute approximate surface area is 115 Å². The molecule has 2 aromatic carbocycles. The molecule has 0 spiro atoms. The van der Waals surface area contributed by atoms with Gasteiger partial charge >= 0.3 is 5.97 Å². The summed E-state index contributed by atoms with van der Waals surface area (Å²) in [5.41, 5.74) is 3.72. The zero-order valence-electron chi connectivity index (χ0n) is 10.7. The Morgan fingerprint density at radius 1 is 1.05 bits per heavy atom. The van der Waals surface area contributed by atoms with Crippen LogP contribution < -0.4 is 0 Å². The van der Waals surface area contributed by atoms with Crippen molar-refractivity contribution in [3.05, 3.63) is 59.7 Å². The average molecular weight is 267 g/mol. The number of carbonyl (C=O) groups is 1. The summed E-state index contributed by atoms with van der Waals surface area (Å²) in [5.74, 6) is -0.819. The van der Waals surface area contributed by atoms with Crippen molar-refractivity contribution in [1.82, 2.24) is 15.0 Å². The molecule has 1 N–H and O–H groups in total. The number of rotatable bonds is 4. The van der Waals surface area contributed by atoms with Gasteiger partial charge in [0.15, 0.2) is 0 Å². The first kappa shape index (κ1) is 12.3. The van der Waals surface area contributed by atoms with Crippen LogP contribution in [0.1, 0.15) is 11.1 Å². The van der Waals surface area contributed by atoms with Crippen molar-refractivity contribution >= 4 is 17.0 Å². The number of aliphatic carboxylic acids is 1. The highest BCUT2D eigenvalue weighted by Crippen LogP contribution is 2.13. The molecular weight excluding hydrogens is 254 g/mol. The van der Waals surface area contributed by atoms with Gasteiger partial charge in [0.2, 0.25) is 0 Å². The van der Waals surface area contributed by atoms with Crippen LogP contribution in [0.4, 0.5) is 0 Å². The molecule has 1 heterocycles. The van der Waals surface area contributed by atoms with Crippen molar-refractivity contribution < 1.29 is 9.90 Å². The van der Waals surface area contributed by atoms with Crippen LogP contribution >= 0.6 is 0 Å². The maximum absolute atomic E-state index is 10.6. The summed E-state index contributed by atoms with van der Waals surface area (Å²) in [5, 5.41) is 17.0. The minimum absolute atomic E-state index is 0.0482. The molecule has 100 valence electrons. The van der Waals surface area contributed by atoms with Crippen LogP contribution in [0.3, 0.4) is 0 Å². The standard InChI is InChI=1S/C15H13N3O2/c19-15(20)9-11-5-7-12(8-6-11)10-18-14-4-2-1-3-13(14)16-17-18/h1-8H,9-10H2,(H,19,20). The van der Waals surface area contributed by atoms with Gasteiger partial charge in [0, 0.05) is 0 Å². The topological polar surface area (TPSA) is 68.0 Å². The maximum Gasteiger partial charge on any atom is 0.307 e. The molecule has 3 aromatic rings. The Morgan fingerprint density at radius 2 is 1.75 bits per heavy atom. The Morgan fingerprint density at radius 3 is 2.50 bits per heavy atom. The summed E-state index contributed by atoms with van der Waals surface area (Å²) in [6, 6.07) is 15.3. The molecule has 0 aliphatic carbocycles. The van der Waals surface area contributed by atoms with Crippen LogP contribution in [0.25, 0.3) is 11.0 Å². The van der Waals surface area contributed by atoms with Crippen molar-refractivity contribution in [2.45, 2.75) is 13.0 Å². The minimum Gasteiger partial charge on any atom is -0.481 e. The highest BCUT2D eigenvalue weighted by Gasteiger charge is 2.05. The van der Waals surface area contributed by atoms with E-state index in [1.807, 2.05) is 53.2 Å². The van der Waals surface area contributed by atoms with Crippen LogP contribution in [0.2, 0.25) is 0 Å². The van der Waals surface area contributed by atoms with Gasteiger partial charge in [0.25, 0.3) is 0 Å². The van der Waals surface area contributed by atoms with Gasteiger partial charge in [-0.05, 0) is 23.3 Å². The first-order valence-electron chi connectivity index (χ1n) is 6.30. The third-order valence-corrected chi connectivity index (χ3v) is 3.13. The second kappa shape index (κ2) is 5.13. The Bertz CT molecular complexity index is 747. The number of aromatic nitrogens is 3. The van der Waals surface area contributed by atoms with Gasteiger partial charge in [-0.1, -0.05) is 41.6 Å². The van der Waals surface area contributed by atoms with Crippen molar-refractivity contribution in [2.75, 3.05) is 0 Å². The van der Waals surface area contributed by atoms with Gasteiger partial charge < -0.3 is 5.11 Å². The second-order valence-corrected chi connectivity index (χ2v) is 4.62. The number of carboxylic acid groups (broad SMARTS) is 1. The molecule has 0 atom stereocenters. The Kier molecular flexibility index (Phi) is 3.16. The SMILES string of the molecule is O=C(O)Cc1ccc(Cn2nnc3ccccc32)cc1. The second-order valence-electron chi connectivity index (χ2n) is 4.62. The highest BCUT2D eigenvalue weighted by molar-refractivity contribution is 5.74. The molecule has 0 amide bonds. The van der Waals surface area contributed by atoms with E-state index in [-0.39, 0.29) is 6.42 Å². The summed E-state index contributed by atoms with van der Waals surface area (Å²) in [6.07, 6.45) is 0.0482. The number of hydrogen-bond donors (Lipinski definition) is 1. The quantitative estimate of drug-likeness (QED) is 0.786. The van der Waals surface area contributed by atoms with Crippen LogP contribution in [-0.2, 0) is 17.8 Å². The largest absolute Gasteiger partial charge is 0.481 e. The third kappa shape index (κ3) is 2.51. The molecule has 0 radical (unpaired) electrons. The molecule has 20 heavy (non-hydrogen) atoms. The molecule has 0 saturated heterocycles. The maximum atomic E-state index is 10.6. The lowest BCUT2D eigenvalue weighted by atomic mass is 10.1. The smallest absolute Gasteiger partial charge is 0.307 e. The molecule has 0 aliphatic heterocycles. The van der Waals surface area contributed by atoms with Crippen LogP contribution in [0.5, 0.6) is 0 Å². The average Bonchev–Trinajstić information content (AvgIpc) is 2.84. The molecule has 0 unspecified atom stereocenters. The van der Waals surface area contributed by atoms with E-state index < -0.39 is 5.97 Å². The fourth-order valence-electron chi connectivity index (χ4n) is 2.14. The molecule has 3 rings (SSSR count). The van der Waals surface area contributed by atoms with E-state index in [0.29, 0.717) is 6.54 Å². The van der Waals surface area contributed by atoms with Crippen molar-refractivity contribution in [1.29, 1.82) is 0 Å². The zero-order chi connectivity index (χ0) is 13.9. The molecule has 1 aromatic heterocycles. The lowest BCUT2D eigenvalue weighted by molar-refractivity contribution is -0.136. The van der Waals surface area contributed by atoms with E-state index in [9.17, 15) is 4.79 Å². The van der Waals surface area contributed by atoms with E-state index in [4.69, 9.17) is 5.11 Å². The molecule has 5 nitrogen and oxygen atoms in total. The lowest BCUT2D eigenvalue weighted by Crippen LogP contribution is -2.03.